The van der Waals surface area contributed by atoms with Gasteiger partial charge in [0.15, 0.2) is 11.5 Å². The topological polar surface area (TPSA) is 79.9 Å². The van der Waals surface area contributed by atoms with Crippen LogP contribution in [0, 0.1) is 0 Å². The number of carbonyl (C=O) groups is 2. The molecule has 2 aromatic rings. The van der Waals surface area contributed by atoms with Gasteiger partial charge in [-0.1, -0.05) is 44.2 Å². The molecule has 7 nitrogen and oxygen atoms in total. The van der Waals surface area contributed by atoms with Gasteiger partial charge in [-0.25, -0.2) is 0 Å². The van der Waals surface area contributed by atoms with Crippen molar-refractivity contribution in [1.82, 2.24) is 15.5 Å². The number of likely N-dealkylation sites (N-methyl/N-ethyl adjacent to an activating group) is 1. The number of nitrogens with zero attached hydrogens (tertiary/aromatic N) is 1. The van der Waals surface area contributed by atoms with Crippen molar-refractivity contribution in [2.24, 2.45) is 0 Å². The molecule has 2 aromatic carbocycles. The number of rotatable bonds is 9. The van der Waals surface area contributed by atoms with Crippen molar-refractivity contribution < 1.29 is 19.1 Å². The summed E-state index contributed by atoms with van der Waals surface area (Å²) in [5.74, 6) is 0.587. The lowest BCUT2D eigenvalue weighted by Gasteiger charge is -2.30. The number of carbonyl (C=O) groups excluding carboxylic acids is 2. The molecule has 1 aliphatic heterocycles. The Morgan fingerprint density at radius 2 is 1.72 bits per heavy atom. The molecule has 0 spiro atoms. The van der Waals surface area contributed by atoms with E-state index in [4.69, 9.17) is 9.47 Å². The van der Waals surface area contributed by atoms with Crippen LogP contribution in [0.25, 0.3) is 0 Å². The second-order valence-electron chi connectivity index (χ2n) is 6.70. The fourth-order valence-electron chi connectivity index (χ4n) is 3.37. The summed E-state index contributed by atoms with van der Waals surface area (Å²) in [4.78, 5) is 26.9. The molecule has 0 saturated heterocycles. The fourth-order valence-corrected chi connectivity index (χ4v) is 3.37. The van der Waals surface area contributed by atoms with Crippen LogP contribution in [0.5, 0.6) is 11.5 Å². The van der Waals surface area contributed by atoms with Gasteiger partial charge in [-0.15, -0.1) is 0 Å². The van der Waals surface area contributed by atoms with Gasteiger partial charge in [-0.3, -0.25) is 14.5 Å². The van der Waals surface area contributed by atoms with Crippen molar-refractivity contribution in [1.29, 1.82) is 0 Å². The molecule has 0 fully saturated rings. The molecule has 1 heterocycles. The van der Waals surface area contributed by atoms with Crippen LogP contribution in [0.1, 0.15) is 35.8 Å². The molecule has 2 amide bonds. The Kier molecular flexibility index (Phi) is 7.08. The van der Waals surface area contributed by atoms with E-state index in [1.165, 1.54) is 0 Å². The van der Waals surface area contributed by atoms with Crippen LogP contribution < -0.4 is 20.1 Å². The van der Waals surface area contributed by atoms with Gasteiger partial charge < -0.3 is 20.1 Å². The molecular formula is C22H27N3O4. The zero-order valence-corrected chi connectivity index (χ0v) is 16.8. The summed E-state index contributed by atoms with van der Waals surface area (Å²) in [6.07, 6.45) is 0. The van der Waals surface area contributed by atoms with Crippen molar-refractivity contribution in [3.8, 4) is 11.5 Å². The molecule has 0 saturated carbocycles. The van der Waals surface area contributed by atoms with Gasteiger partial charge in [-0.2, -0.15) is 0 Å². The third kappa shape index (κ3) is 5.26. The second-order valence-corrected chi connectivity index (χ2v) is 6.70. The lowest BCUT2D eigenvalue weighted by Crippen LogP contribution is -2.42. The smallest absolute Gasteiger partial charge is 0.251 e. The van der Waals surface area contributed by atoms with Gasteiger partial charge in [0.2, 0.25) is 12.7 Å². The molecular weight excluding hydrogens is 370 g/mol. The van der Waals surface area contributed by atoms with Crippen LogP contribution in [-0.4, -0.2) is 49.7 Å². The van der Waals surface area contributed by atoms with E-state index in [9.17, 15) is 9.59 Å². The van der Waals surface area contributed by atoms with Crippen LogP contribution in [0.4, 0.5) is 0 Å². The minimum absolute atomic E-state index is 0.0831. The van der Waals surface area contributed by atoms with Crippen molar-refractivity contribution in [3.63, 3.8) is 0 Å². The van der Waals surface area contributed by atoms with Gasteiger partial charge in [0, 0.05) is 12.1 Å². The number of fused-ring (bicyclic) bond motifs is 1. The first kappa shape index (κ1) is 20.7. The average Bonchev–Trinajstić information content (AvgIpc) is 3.23. The lowest BCUT2D eigenvalue weighted by molar-refractivity contribution is -0.120. The van der Waals surface area contributed by atoms with E-state index in [1.807, 2.05) is 18.2 Å². The Morgan fingerprint density at radius 3 is 2.45 bits per heavy atom. The normalized spacial score (nSPS) is 13.2. The molecule has 1 unspecified atom stereocenters. The molecule has 0 radical (unpaired) electrons. The zero-order valence-electron chi connectivity index (χ0n) is 16.8. The summed E-state index contributed by atoms with van der Waals surface area (Å²) in [5.41, 5.74) is 1.58. The molecule has 1 atom stereocenters. The van der Waals surface area contributed by atoms with Crippen LogP contribution in [-0.2, 0) is 4.79 Å². The van der Waals surface area contributed by atoms with E-state index >= 15 is 0 Å². The van der Waals surface area contributed by atoms with E-state index in [1.54, 1.807) is 18.2 Å². The number of hydrogen-bond donors (Lipinski definition) is 2. The molecule has 0 aliphatic carbocycles. The Balaban J connectivity index is 1.53. The molecule has 154 valence electrons. The highest BCUT2D eigenvalue weighted by atomic mass is 16.7. The summed E-state index contributed by atoms with van der Waals surface area (Å²) in [6.45, 7) is 6.51. The Labute approximate surface area is 171 Å². The predicted octanol–water partition coefficient (Wildman–Crippen LogP) is 2.34. The highest BCUT2D eigenvalue weighted by molar-refractivity contribution is 5.97. The molecule has 29 heavy (non-hydrogen) atoms. The highest BCUT2D eigenvalue weighted by Gasteiger charge is 2.19. The SMILES string of the molecule is CCN(CC)C(CNC(=O)CNC(=O)c1ccc2c(c1)OCO2)c1ccccc1. The number of hydrogen-bond acceptors (Lipinski definition) is 5. The predicted molar refractivity (Wildman–Crippen MR) is 110 cm³/mol. The van der Waals surface area contributed by atoms with Crippen LogP contribution in [0.15, 0.2) is 48.5 Å². The van der Waals surface area contributed by atoms with Crippen molar-refractivity contribution in [3.05, 3.63) is 59.7 Å². The molecule has 0 bridgehead atoms. The van der Waals surface area contributed by atoms with Crippen LogP contribution >= 0.6 is 0 Å². The van der Waals surface area contributed by atoms with Gasteiger partial charge in [-0.05, 0) is 36.9 Å². The van der Waals surface area contributed by atoms with Crippen LogP contribution in [0.3, 0.4) is 0 Å². The quantitative estimate of drug-likeness (QED) is 0.679. The highest BCUT2D eigenvalue weighted by Crippen LogP contribution is 2.32. The Hall–Kier alpha value is -3.06. The van der Waals surface area contributed by atoms with Gasteiger partial charge in [0.1, 0.15) is 0 Å². The van der Waals surface area contributed by atoms with E-state index in [2.05, 4.69) is 41.5 Å². The molecule has 2 N–H and O–H groups in total. The maximum absolute atomic E-state index is 12.3. The maximum atomic E-state index is 12.3. The number of benzene rings is 2. The molecule has 0 aromatic heterocycles. The van der Waals surface area contributed by atoms with E-state index in [-0.39, 0.29) is 31.2 Å². The third-order valence-corrected chi connectivity index (χ3v) is 4.97. The van der Waals surface area contributed by atoms with Crippen molar-refractivity contribution in [2.75, 3.05) is 33.0 Å². The van der Waals surface area contributed by atoms with E-state index in [0.717, 1.165) is 18.7 Å². The van der Waals surface area contributed by atoms with Crippen molar-refractivity contribution in [2.45, 2.75) is 19.9 Å². The first-order valence-electron chi connectivity index (χ1n) is 9.86. The minimum atomic E-state index is -0.332. The first-order chi connectivity index (χ1) is 14.1. The minimum Gasteiger partial charge on any atom is -0.454 e. The monoisotopic (exact) mass is 397 g/mol. The summed E-state index contributed by atoms with van der Waals surface area (Å²) < 4.78 is 10.5. The standard InChI is InChI=1S/C22H27N3O4/c1-3-25(4-2)18(16-8-6-5-7-9-16)13-23-21(26)14-24-22(27)17-10-11-19-20(12-17)29-15-28-19/h5-12,18H,3-4,13-15H2,1-2H3,(H,23,26)(H,24,27). The molecule has 7 heteroatoms. The summed E-state index contributed by atoms with van der Waals surface area (Å²) in [5, 5.41) is 5.59. The first-order valence-corrected chi connectivity index (χ1v) is 9.86. The lowest BCUT2D eigenvalue weighted by atomic mass is 10.1. The maximum Gasteiger partial charge on any atom is 0.251 e. The van der Waals surface area contributed by atoms with Crippen molar-refractivity contribution >= 4 is 11.8 Å². The average molecular weight is 397 g/mol. The van der Waals surface area contributed by atoms with Gasteiger partial charge in [0.05, 0.1) is 12.6 Å². The van der Waals surface area contributed by atoms with E-state index in [0.29, 0.717) is 23.6 Å². The zero-order chi connectivity index (χ0) is 20.6. The molecule has 3 rings (SSSR count). The number of nitrogens with one attached hydrogen (secondary N) is 2. The summed E-state index contributed by atoms with van der Waals surface area (Å²) in [6, 6.07) is 15.1. The number of ether oxygens (including phenoxy) is 2. The summed E-state index contributed by atoms with van der Waals surface area (Å²) in [7, 11) is 0. The second kappa shape index (κ2) is 9.93. The summed E-state index contributed by atoms with van der Waals surface area (Å²) >= 11 is 0. The Bertz CT molecular complexity index is 837. The van der Waals surface area contributed by atoms with Gasteiger partial charge in [0.25, 0.3) is 5.91 Å². The number of amides is 2. The third-order valence-electron chi connectivity index (χ3n) is 4.97. The van der Waals surface area contributed by atoms with Crippen LogP contribution in [0.2, 0.25) is 0 Å². The molecule has 1 aliphatic rings. The fraction of sp³-hybridized carbons (Fsp3) is 0.364. The Morgan fingerprint density at radius 1 is 1.00 bits per heavy atom. The largest absolute Gasteiger partial charge is 0.454 e. The van der Waals surface area contributed by atoms with E-state index < -0.39 is 0 Å². The van der Waals surface area contributed by atoms with Gasteiger partial charge >= 0.3 is 0 Å².